The molecule has 4 heterocycles. The Morgan fingerprint density at radius 2 is 1.49 bits per heavy atom. The number of hydrogen-bond acceptors (Lipinski definition) is 24. The number of rotatable bonds is 37. The van der Waals surface area contributed by atoms with Crippen molar-refractivity contribution in [2.75, 3.05) is 86.2 Å². The predicted octanol–water partition coefficient (Wildman–Crippen LogP) is 14.3. The quantitative estimate of drug-likeness (QED) is 0.0107. The minimum atomic E-state index is -1.46. The Bertz CT molecular complexity index is 4930. The summed E-state index contributed by atoms with van der Waals surface area (Å²) in [5.41, 5.74) is 7.16. The summed E-state index contributed by atoms with van der Waals surface area (Å²) >= 11 is 8.73. The summed E-state index contributed by atoms with van der Waals surface area (Å²) in [5, 5.41) is 9.41. The molecule has 1 fully saturated rings. The number of anilines is 1. The van der Waals surface area contributed by atoms with Crippen molar-refractivity contribution in [1.82, 2.24) is 35.5 Å². The number of amides is 2. The van der Waals surface area contributed by atoms with Crippen LogP contribution in [0.2, 0.25) is 5.02 Å². The van der Waals surface area contributed by atoms with Crippen molar-refractivity contribution in [2.24, 2.45) is 5.92 Å². The maximum atomic E-state index is 14.8. The summed E-state index contributed by atoms with van der Waals surface area (Å²) in [6.07, 6.45) is 2.94. The number of aromatic nitrogens is 4. The minimum absolute atomic E-state index is 0.0138. The van der Waals surface area contributed by atoms with E-state index in [9.17, 15) is 33.2 Å². The number of carbonyl (C=O) groups excluding carboxylic acids is 6. The Morgan fingerprint density at radius 3 is 2.21 bits per heavy atom. The van der Waals surface area contributed by atoms with Crippen molar-refractivity contribution >= 4 is 74.9 Å². The molecular formula is C87H98ClFN9O17S+. The molecule has 0 aliphatic carbocycles. The van der Waals surface area contributed by atoms with Crippen LogP contribution in [0.25, 0.3) is 43.2 Å². The lowest BCUT2D eigenvalue weighted by Gasteiger charge is -2.42. The number of nitrogens with zero attached hydrogens (tertiary/aromatic N) is 6. The van der Waals surface area contributed by atoms with E-state index in [-0.39, 0.29) is 51.6 Å². The monoisotopic (exact) mass is 1630 g/mol. The lowest BCUT2D eigenvalue weighted by molar-refractivity contribution is -0.926. The number of benzene rings is 6. The zero-order valence-electron chi connectivity index (χ0n) is 66.9. The zero-order chi connectivity index (χ0) is 83.1. The maximum Gasteiger partial charge on any atom is 0.508 e. The number of nitrogens with one attached hydrogen (secondary N) is 3. The van der Waals surface area contributed by atoms with Gasteiger partial charge in [-0.05, 0) is 161 Å². The van der Waals surface area contributed by atoms with Gasteiger partial charge in [0.15, 0.2) is 18.5 Å². The van der Waals surface area contributed by atoms with E-state index in [4.69, 9.17) is 85.1 Å². The van der Waals surface area contributed by atoms with Gasteiger partial charge in [-0.2, -0.15) is 0 Å². The van der Waals surface area contributed by atoms with Crippen LogP contribution in [0.3, 0.4) is 0 Å². The molecule has 29 heteroatoms. The SMILES string of the molecule is C#CCOC(=O)N[C@@H](CCCCOC(=O)OC(C)(C)C)C(=O)O[C@H](C(=O)O[C@@H](C)C(=O)Nc1ccc(C[N+]2(C)CCN(CCOc3ccc(-c4c(-c5ccc(F)cc5)sc5ncnc(O[C@H](Cc6ccccc6OCc6ccnc(-c7ccccc7OC)n6)C(=O)OCc6ccc(OC)cc6)c45)c(C)c3Cl)CC2)c(CNC)c1)C(C)C. The molecule has 1 aliphatic rings. The lowest BCUT2D eigenvalue weighted by Crippen LogP contribution is -2.57. The number of carbonyl (C=O) groups is 6. The lowest BCUT2D eigenvalue weighted by atomic mass is 9.96. The fraction of sp³-hybridized carbons (Fsp3) is 0.379. The smallest absolute Gasteiger partial charge is 0.497 e. The second-order valence-electron chi connectivity index (χ2n) is 29.3. The number of esters is 3. The number of terminal acetylenes is 1. The van der Waals surface area contributed by atoms with Crippen LogP contribution in [0, 0.1) is 31.0 Å². The van der Waals surface area contributed by atoms with Gasteiger partial charge in [0.1, 0.15) is 78.0 Å². The molecule has 0 spiro atoms. The second kappa shape index (κ2) is 41.2. The van der Waals surface area contributed by atoms with Crippen molar-refractivity contribution in [3.63, 3.8) is 0 Å². The number of fused-ring (bicyclic) bond motifs is 1. The highest BCUT2D eigenvalue weighted by Gasteiger charge is 2.36. The fourth-order valence-electron chi connectivity index (χ4n) is 12.9. The van der Waals surface area contributed by atoms with Crippen LogP contribution in [-0.2, 0) is 80.3 Å². The number of unbranched alkanes of at least 4 members (excludes halogenated alkanes) is 1. The van der Waals surface area contributed by atoms with Crippen molar-refractivity contribution in [2.45, 2.75) is 130 Å². The van der Waals surface area contributed by atoms with Gasteiger partial charge < -0.3 is 72.5 Å². The van der Waals surface area contributed by atoms with Crippen LogP contribution < -0.4 is 39.6 Å². The van der Waals surface area contributed by atoms with E-state index < -0.39 is 77.8 Å². The number of alkyl carbamates (subject to hydrolysis) is 1. The summed E-state index contributed by atoms with van der Waals surface area (Å²) in [4.78, 5) is 103. The van der Waals surface area contributed by atoms with Crippen LogP contribution >= 0.6 is 22.9 Å². The van der Waals surface area contributed by atoms with Crippen LogP contribution in [-0.4, -0.2) is 176 Å². The highest BCUT2D eigenvalue weighted by molar-refractivity contribution is 7.22. The summed E-state index contributed by atoms with van der Waals surface area (Å²) in [6, 6.07) is 38.1. The van der Waals surface area contributed by atoms with Gasteiger partial charge in [-0.3, -0.25) is 9.69 Å². The molecule has 116 heavy (non-hydrogen) atoms. The van der Waals surface area contributed by atoms with Gasteiger partial charge in [-0.25, -0.2) is 48.3 Å². The largest absolute Gasteiger partial charge is 0.508 e. The third kappa shape index (κ3) is 24.1. The number of likely N-dealkylation sites (N-methyl/N-ethyl adjacent to an activating group) is 1. The number of hydrogen-bond donors (Lipinski definition) is 3. The van der Waals surface area contributed by atoms with E-state index >= 15 is 0 Å². The first kappa shape index (κ1) is 86.9. The molecule has 1 saturated heterocycles. The average molecular weight is 1630 g/mol. The molecule has 0 unspecified atom stereocenters. The van der Waals surface area contributed by atoms with Crippen LogP contribution in [0.4, 0.5) is 19.7 Å². The van der Waals surface area contributed by atoms with Gasteiger partial charge in [0, 0.05) is 66.4 Å². The summed E-state index contributed by atoms with van der Waals surface area (Å²) in [6.45, 7) is 16.7. The van der Waals surface area contributed by atoms with Crippen LogP contribution in [0.15, 0.2) is 146 Å². The Labute approximate surface area is 683 Å². The zero-order valence-corrected chi connectivity index (χ0v) is 68.5. The molecule has 10 rings (SSSR count). The van der Waals surface area contributed by atoms with Crippen molar-refractivity contribution in [3.05, 3.63) is 190 Å². The number of piperazine rings is 1. The molecule has 4 atom stereocenters. The van der Waals surface area contributed by atoms with E-state index in [2.05, 4.69) is 38.8 Å². The summed E-state index contributed by atoms with van der Waals surface area (Å²) in [7, 11) is 7.24. The molecule has 1 aliphatic heterocycles. The predicted molar refractivity (Wildman–Crippen MR) is 437 cm³/mol. The van der Waals surface area contributed by atoms with Gasteiger partial charge in [-0.15, -0.1) is 17.8 Å². The molecule has 0 radical (unpaired) electrons. The van der Waals surface area contributed by atoms with Gasteiger partial charge in [0.2, 0.25) is 18.1 Å². The summed E-state index contributed by atoms with van der Waals surface area (Å²) in [5.74, 6) is 0.689. The molecule has 9 aromatic rings. The molecule has 0 saturated carbocycles. The fourth-order valence-corrected chi connectivity index (χ4v) is 14.3. The number of thiophene rings is 1. The van der Waals surface area contributed by atoms with Gasteiger partial charge in [-0.1, -0.05) is 98.1 Å². The molecule has 612 valence electrons. The Hall–Kier alpha value is -11.5. The Morgan fingerprint density at radius 1 is 0.750 bits per heavy atom. The molecule has 3 N–H and O–H groups in total. The first-order valence-corrected chi connectivity index (χ1v) is 39.3. The molecule has 2 amide bonds. The third-order valence-corrected chi connectivity index (χ3v) is 20.7. The average Bonchev–Trinajstić information content (AvgIpc) is 1.59. The summed E-state index contributed by atoms with van der Waals surface area (Å²) < 4.78 is 78.9. The van der Waals surface area contributed by atoms with E-state index in [0.717, 1.165) is 57.8 Å². The third-order valence-electron chi connectivity index (χ3n) is 19.1. The number of methoxy groups -OCH3 is 2. The number of quaternary nitrogens is 1. The van der Waals surface area contributed by atoms with Gasteiger partial charge in [0.25, 0.3) is 5.91 Å². The van der Waals surface area contributed by atoms with E-state index in [1.807, 2.05) is 105 Å². The normalized spacial score (nSPS) is 13.7. The Balaban J connectivity index is 0.783. The number of ether oxygens (including phenoxy) is 11. The molecule has 3 aromatic heterocycles. The molecule has 0 bridgehead atoms. The standard InChI is InChI=1S/C87H97ClFN9O17S/c1-13-44-108-85(103)96-68(22-18-19-45-109-86(104)115-87(6,7)8)82(100)114-76(54(2)3)84(102)112-56(5)79(99)95-63-32-29-60(61(47-63)49-90-9)50-98(10)42-39-97(40-43-98)41-46-107-71-36-35-66(55(4)75(71)88)73-74-80(92-53-93-81(74)116-77(73)58-27-30-62(89)31-28-58)113-72(83(101)111-51-57-25-33-65(105-11)34-26-57)48-59-20-14-16-23-69(59)110-52-64-37-38-91-78(94-64)67-21-15-17-24-70(67)106-12/h1,14-17,20-21,23-38,47,53-54,56,68,72,76,90H,18-19,22,39-46,48-52H2,2-12H3,(H-,95,96,99,103)/p+1/t56-,68-,72+,76-/m0/s1. The van der Waals surface area contributed by atoms with Crippen molar-refractivity contribution in [1.29, 1.82) is 0 Å². The first-order chi connectivity index (χ1) is 55.7. The maximum absolute atomic E-state index is 14.8. The molecule has 26 nitrogen and oxygen atoms in total. The van der Waals surface area contributed by atoms with Gasteiger partial charge in [0.05, 0.1) is 62.6 Å². The van der Waals surface area contributed by atoms with Crippen molar-refractivity contribution in [3.8, 4) is 74.2 Å². The van der Waals surface area contributed by atoms with E-state index in [1.165, 1.54) is 36.7 Å². The Kier molecular flexibility index (Phi) is 30.9. The van der Waals surface area contributed by atoms with Crippen LogP contribution in [0.1, 0.15) is 94.3 Å². The highest BCUT2D eigenvalue weighted by atomic mass is 35.5. The first-order valence-electron chi connectivity index (χ1n) is 38.1. The second-order valence-corrected chi connectivity index (χ2v) is 30.7. The van der Waals surface area contributed by atoms with E-state index in [1.54, 1.807) is 85.4 Å². The number of para-hydroxylation sites is 2. The molecule has 6 aromatic carbocycles. The molecular weight excluding hydrogens is 1530 g/mol. The minimum Gasteiger partial charge on any atom is -0.497 e. The van der Waals surface area contributed by atoms with Crippen molar-refractivity contribution < 1.29 is 89.7 Å². The van der Waals surface area contributed by atoms with Crippen LogP contribution in [0.5, 0.6) is 28.9 Å². The topological polar surface area (TPSA) is 295 Å². The highest BCUT2D eigenvalue weighted by Crippen LogP contribution is 2.50. The van der Waals surface area contributed by atoms with E-state index in [0.29, 0.717) is 116 Å². The number of halogens is 2. The van der Waals surface area contributed by atoms with Gasteiger partial charge >= 0.3 is 30.2 Å².